The lowest BCUT2D eigenvalue weighted by molar-refractivity contribution is -0.384. The number of rotatable bonds is 5. The van der Waals surface area contributed by atoms with Crippen molar-refractivity contribution in [2.75, 3.05) is 6.73 Å². The van der Waals surface area contributed by atoms with Crippen LogP contribution >= 0.6 is 11.6 Å². The van der Waals surface area contributed by atoms with E-state index in [1.165, 1.54) is 24.3 Å². The molecule has 124 valence electrons. The van der Waals surface area contributed by atoms with Crippen LogP contribution in [0.1, 0.15) is 0 Å². The van der Waals surface area contributed by atoms with Crippen molar-refractivity contribution in [2.45, 2.75) is 5.37 Å². The fraction of sp³-hybridized carbons (Fsp3) is 0.182. The first-order valence-electron chi connectivity index (χ1n) is 5.96. The van der Waals surface area contributed by atoms with E-state index in [2.05, 4.69) is 5.32 Å². The topological polar surface area (TPSA) is 139 Å². The number of non-ortho nitro benzene ring substituents is 1. The van der Waals surface area contributed by atoms with Crippen molar-refractivity contribution in [1.29, 1.82) is 0 Å². The Bertz CT molecular complexity index is 762. The maximum absolute atomic E-state index is 11.7. The summed E-state index contributed by atoms with van der Waals surface area (Å²) in [5, 5.41) is 10.6. The van der Waals surface area contributed by atoms with E-state index >= 15 is 0 Å². The molecule has 0 fully saturated rings. The Morgan fingerprint density at radius 2 is 2.00 bits per heavy atom. The summed E-state index contributed by atoms with van der Waals surface area (Å²) in [4.78, 5) is 22.3. The Morgan fingerprint density at radius 3 is 2.52 bits per heavy atom. The molecule has 0 saturated carbocycles. The Balaban J connectivity index is 2.15. The van der Waals surface area contributed by atoms with Crippen molar-refractivity contribution in [3.63, 3.8) is 0 Å². The highest BCUT2D eigenvalue weighted by atomic mass is 35.5. The van der Waals surface area contributed by atoms with Crippen LogP contribution in [-0.2, 0) is 10.1 Å². The number of hydrogen-bond acceptors (Lipinski definition) is 6. The monoisotopic (exact) mass is 363 g/mol. The van der Waals surface area contributed by atoms with Gasteiger partial charge in [-0.2, -0.15) is 8.42 Å². The zero-order valence-electron chi connectivity index (χ0n) is 11.2. The summed E-state index contributed by atoms with van der Waals surface area (Å²) in [6.07, 6.45) is 0.949. The van der Waals surface area contributed by atoms with E-state index in [1.54, 1.807) is 0 Å². The van der Waals surface area contributed by atoms with Crippen LogP contribution in [0.4, 0.5) is 10.5 Å². The van der Waals surface area contributed by atoms with Gasteiger partial charge in [0.2, 0.25) is 5.37 Å². The lowest BCUT2D eigenvalue weighted by Crippen LogP contribution is -2.53. The molecule has 1 aliphatic heterocycles. The van der Waals surface area contributed by atoms with E-state index < -0.39 is 33.2 Å². The number of nitro benzene ring substituents is 1. The molecule has 0 bridgehead atoms. The molecule has 1 aromatic rings. The molecule has 0 spiro atoms. The van der Waals surface area contributed by atoms with E-state index in [0.29, 0.717) is 4.90 Å². The molecule has 2 N–H and O–H groups in total. The van der Waals surface area contributed by atoms with Crippen LogP contribution in [0.3, 0.4) is 0 Å². The van der Waals surface area contributed by atoms with Crippen molar-refractivity contribution in [2.24, 2.45) is 0 Å². The molecule has 2 rings (SSSR count). The molecule has 1 aromatic carbocycles. The van der Waals surface area contributed by atoms with Gasteiger partial charge in [-0.3, -0.25) is 19.6 Å². The Labute approximate surface area is 135 Å². The first-order valence-corrected chi connectivity index (χ1v) is 7.84. The highest BCUT2D eigenvalue weighted by Gasteiger charge is 2.39. The predicted octanol–water partition coefficient (Wildman–Crippen LogP) is 1.25. The van der Waals surface area contributed by atoms with Crippen molar-refractivity contribution in [3.8, 4) is 5.75 Å². The first kappa shape index (κ1) is 17.0. The van der Waals surface area contributed by atoms with E-state index in [4.69, 9.17) is 16.3 Å². The number of hydrogen-bond donors (Lipinski definition) is 2. The van der Waals surface area contributed by atoms with Crippen molar-refractivity contribution in [1.82, 2.24) is 10.2 Å². The van der Waals surface area contributed by atoms with Gasteiger partial charge in [0.1, 0.15) is 5.75 Å². The van der Waals surface area contributed by atoms with Crippen LogP contribution in [0.2, 0.25) is 0 Å². The number of halogens is 1. The second-order valence-corrected chi connectivity index (χ2v) is 6.25. The fourth-order valence-electron chi connectivity index (χ4n) is 1.78. The van der Waals surface area contributed by atoms with Gasteiger partial charge in [-0.1, -0.05) is 11.6 Å². The summed E-state index contributed by atoms with van der Waals surface area (Å²) in [6, 6.07) is 4.07. The zero-order valence-corrected chi connectivity index (χ0v) is 12.8. The van der Waals surface area contributed by atoms with Crippen LogP contribution in [0.15, 0.2) is 35.5 Å². The quantitative estimate of drug-likeness (QED) is 0.455. The SMILES string of the molecule is O=C1NC=C(Cl)C(S(=O)(=O)O)N1COc1ccc([N+](=O)[O-])cc1. The Morgan fingerprint density at radius 1 is 1.39 bits per heavy atom. The van der Waals surface area contributed by atoms with Gasteiger partial charge < -0.3 is 10.1 Å². The molecule has 23 heavy (non-hydrogen) atoms. The molecule has 1 atom stereocenters. The Hall–Kier alpha value is -2.37. The number of nitro groups is 1. The number of nitrogens with one attached hydrogen (secondary N) is 1. The molecule has 1 heterocycles. The summed E-state index contributed by atoms with van der Waals surface area (Å²) in [5.41, 5.74) is -0.158. The van der Waals surface area contributed by atoms with Gasteiger partial charge in [0, 0.05) is 18.3 Å². The number of amides is 2. The number of nitrogens with zero attached hydrogens (tertiary/aromatic N) is 2. The predicted molar refractivity (Wildman–Crippen MR) is 78.2 cm³/mol. The lowest BCUT2D eigenvalue weighted by Gasteiger charge is -2.31. The number of carbonyl (C=O) groups excluding carboxylic acids is 1. The van der Waals surface area contributed by atoms with Crippen molar-refractivity contribution in [3.05, 3.63) is 45.6 Å². The fourth-order valence-corrected chi connectivity index (χ4v) is 3.12. The highest BCUT2D eigenvalue weighted by Crippen LogP contribution is 2.24. The van der Waals surface area contributed by atoms with Crippen LogP contribution in [-0.4, -0.2) is 40.9 Å². The molecule has 12 heteroatoms. The maximum atomic E-state index is 11.7. The van der Waals surface area contributed by atoms with E-state index in [-0.39, 0.29) is 16.5 Å². The van der Waals surface area contributed by atoms with Crippen LogP contribution in [0.5, 0.6) is 5.75 Å². The number of benzene rings is 1. The third-order valence-corrected chi connectivity index (χ3v) is 4.33. The van der Waals surface area contributed by atoms with Gasteiger partial charge in [0.25, 0.3) is 15.8 Å². The third-order valence-electron chi connectivity index (χ3n) is 2.81. The largest absolute Gasteiger partial charge is 0.473 e. The minimum atomic E-state index is -4.68. The summed E-state index contributed by atoms with van der Waals surface area (Å²) >= 11 is 5.70. The molecule has 0 radical (unpaired) electrons. The van der Waals surface area contributed by atoms with Crippen LogP contribution < -0.4 is 10.1 Å². The summed E-state index contributed by atoms with van der Waals surface area (Å²) in [5.74, 6) is 0.156. The average molecular weight is 364 g/mol. The van der Waals surface area contributed by atoms with Gasteiger partial charge >= 0.3 is 6.03 Å². The number of carbonyl (C=O) groups is 1. The van der Waals surface area contributed by atoms with Crippen LogP contribution in [0.25, 0.3) is 0 Å². The van der Waals surface area contributed by atoms with Gasteiger partial charge in [-0.05, 0) is 12.1 Å². The number of urea groups is 1. The minimum Gasteiger partial charge on any atom is -0.473 e. The Kier molecular flexibility index (Phi) is 4.73. The third kappa shape index (κ3) is 3.88. The molecule has 10 nitrogen and oxygen atoms in total. The summed E-state index contributed by atoms with van der Waals surface area (Å²) in [7, 11) is -4.68. The number of ether oxygens (including phenoxy) is 1. The summed E-state index contributed by atoms with van der Waals surface area (Å²) in [6.45, 7) is -0.557. The molecular formula is C11H10ClN3O7S. The first-order chi connectivity index (χ1) is 10.7. The summed E-state index contributed by atoms with van der Waals surface area (Å²) < 4.78 is 37.1. The van der Waals surface area contributed by atoms with Gasteiger partial charge in [0.15, 0.2) is 6.73 Å². The maximum Gasteiger partial charge on any atom is 0.325 e. The van der Waals surface area contributed by atoms with E-state index in [9.17, 15) is 27.9 Å². The molecular weight excluding hydrogens is 354 g/mol. The van der Waals surface area contributed by atoms with Gasteiger partial charge in [-0.15, -0.1) is 0 Å². The van der Waals surface area contributed by atoms with E-state index in [1.807, 2.05) is 0 Å². The normalized spacial score (nSPS) is 18.2. The second kappa shape index (κ2) is 6.40. The van der Waals surface area contributed by atoms with Crippen molar-refractivity contribution < 1.29 is 27.4 Å². The molecule has 1 aliphatic rings. The zero-order chi connectivity index (χ0) is 17.2. The lowest BCUT2D eigenvalue weighted by atomic mass is 10.3. The molecule has 2 amide bonds. The molecule has 1 unspecified atom stereocenters. The van der Waals surface area contributed by atoms with Crippen LogP contribution in [0, 0.1) is 10.1 Å². The second-order valence-electron chi connectivity index (χ2n) is 4.34. The molecule has 0 aliphatic carbocycles. The smallest absolute Gasteiger partial charge is 0.325 e. The standard InChI is InChI=1S/C11H10ClN3O7S/c12-9-5-13-11(16)14(10(9)23(19,20)21)6-22-8-3-1-7(2-4-8)15(17)18/h1-5,10H,6H2,(H,13,16)(H,19,20,21). The van der Waals surface area contributed by atoms with Gasteiger partial charge in [-0.25, -0.2) is 4.79 Å². The van der Waals surface area contributed by atoms with E-state index in [0.717, 1.165) is 6.20 Å². The van der Waals surface area contributed by atoms with Gasteiger partial charge in [0.05, 0.1) is 9.96 Å². The highest BCUT2D eigenvalue weighted by molar-refractivity contribution is 7.86. The average Bonchev–Trinajstić information content (AvgIpc) is 2.47. The van der Waals surface area contributed by atoms with Crippen molar-refractivity contribution >= 4 is 33.4 Å². The molecule has 0 saturated heterocycles. The molecule has 0 aromatic heterocycles. The minimum absolute atomic E-state index is 0.156.